The first-order valence-electron chi connectivity index (χ1n) is 8.01. The molecule has 5 nitrogen and oxygen atoms in total. The van der Waals surface area contributed by atoms with Crippen LogP contribution in [0.5, 0.6) is 0 Å². The number of benzene rings is 2. The van der Waals surface area contributed by atoms with Crippen LogP contribution in [0, 0.1) is 6.92 Å². The van der Waals surface area contributed by atoms with Crippen LogP contribution in [0.25, 0.3) is 5.69 Å². The van der Waals surface area contributed by atoms with Crippen LogP contribution in [0.2, 0.25) is 0 Å². The molecule has 1 aliphatic rings. The van der Waals surface area contributed by atoms with E-state index in [0.29, 0.717) is 22.9 Å². The lowest BCUT2D eigenvalue weighted by atomic mass is 10.1. The van der Waals surface area contributed by atoms with E-state index in [9.17, 15) is 9.00 Å². The Hall–Kier alpha value is -2.73. The number of fused-ring (bicyclic) bond motifs is 1. The number of aromatic nitrogens is 2. The minimum Gasteiger partial charge on any atom is -0.306 e. The maximum atomic E-state index is 12.7. The fourth-order valence-corrected chi connectivity index (χ4v) is 4.24. The highest BCUT2D eigenvalue weighted by atomic mass is 32.2. The van der Waals surface area contributed by atoms with Gasteiger partial charge in [0.05, 0.1) is 22.9 Å². The summed E-state index contributed by atoms with van der Waals surface area (Å²) >= 11 is 0. The smallest absolute Gasteiger partial charge is 0.256 e. The van der Waals surface area contributed by atoms with E-state index in [0.717, 1.165) is 22.5 Å². The topological polar surface area (TPSA) is 64.0 Å². The summed E-state index contributed by atoms with van der Waals surface area (Å²) in [5.74, 6) is 1.27. The van der Waals surface area contributed by atoms with Crippen LogP contribution in [0.1, 0.15) is 27.2 Å². The molecule has 0 radical (unpaired) electrons. The van der Waals surface area contributed by atoms with Crippen molar-refractivity contribution < 1.29 is 9.00 Å². The van der Waals surface area contributed by atoms with Gasteiger partial charge in [0.15, 0.2) is 0 Å². The van der Waals surface area contributed by atoms with E-state index in [1.807, 2.05) is 55.5 Å². The van der Waals surface area contributed by atoms with Crippen LogP contribution in [-0.4, -0.2) is 19.9 Å². The fraction of sp³-hybridized carbons (Fsp3) is 0.158. The Bertz CT molecular complexity index is 980. The highest BCUT2D eigenvalue weighted by Crippen LogP contribution is 2.31. The largest absolute Gasteiger partial charge is 0.306 e. The van der Waals surface area contributed by atoms with Gasteiger partial charge in [-0.25, -0.2) is 4.68 Å². The number of hydrogen-bond acceptors (Lipinski definition) is 3. The third-order valence-electron chi connectivity index (χ3n) is 4.18. The highest BCUT2D eigenvalue weighted by molar-refractivity contribution is 7.83. The monoisotopic (exact) mass is 351 g/mol. The van der Waals surface area contributed by atoms with Gasteiger partial charge in [-0.2, -0.15) is 5.10 Å². The van der Waals surface area contributed by atoms with E-state index >= 15 is 0 Å². The zero-order valence-electron chi connectivity index (χ0n) is 13.7. The molecular weight excluding hydrogens is 334 g/mol. The number of para-hydroxylation sites is 1. The second kappa shape index (κ2) is 6.29. The Morgan fingerprint density at radius 3 is 2.68 bits per heavy atom. The molecule has 1 aromatic heterocycles. The van der Waals surface area contributed by atoms with Gasteiger partial charge in [0.1, 0.15) is 5.82 Å². The lowest BCUT2D eigenvalue weighted by Crippen LogP contribution is -2.16. The van der Waals surface area contributed by atoms with Crippen molar-refractivity contribution in [3.05, 3.63) is 77.0 Å². The molecule has 0 spiro atoms. The third kappa shape index (κ3) is 3.00. The summed E-state index contributed by atoms with van der Waals surface area (Å²) in [6.07, 6.45) is 0. The number of anilines is 1. The molecule has 2 aromatic carbocycles. The lowest BCUT2D eigenvalue weighted by Gasteiger charge is -2.11. The molecule has 1 atom stereocenters. The van der Waals surface area contributed by atoms with Crippen molar-refractivity contribution in [1.82, 2.24) is 9.78 Å². The van der Waals surface area contributed by atoms with Crippen molar-refractivity contribution in [2.45, 2.75) is 18.4 Å². The van der Waals surface area contributed by atoms with E-state index in [4.69, 9.17) is 0 Å². The van der Waals surface area contributed by atoms with Crippen molar-refractivity contribution in [1.29, 1.82) is 0 Å². The van der Waals surface area contributed by atoms with Crippen molar-refractivity contribution >= 4 is 22.5 Å². The highest BCUT2D eigenvalue weighted by Gasteiger charge is 2.28. The van der Waals surface area contributed by atoms with Gasteiger partial charge in [0.2, 0.25) is 0 Å². The molecule has 2 heterocycles. The predicted molar refractivity (Wildman–Crippen MR) is 98.2 cm³/mol. The quantitative estimate of drug-likeness (QED) is 0.788. The number of amides is 1. The van der Waals surface area contributed by atoms with E-state index in [2.05, 4.69) is 10.4 Å². The molecule has 6 heteroatoms. The summed E-state index contributed by atoms with van der Waals surface area (Å²) in [5, 5.41) is 7.57. The van der Waals surface area contributed by atoms with Crippen molar-refractivity contribution in [3.63, 3.8) is 0 Å². The van der Waals surface area contributed by atoms with Crippen molar-refractivity contribution in [2.24, 2.45) is 0 Å². The van der Waals surface area contributed by atoms with Gasteiger partial charge in [-0.15, -0.1) is 0 Å². The molecule has 0 fully saturated rings. The molecule has 0 saturated heterocycles. The first-order valence-corrected chi connectivity index (χ1v) is 9.50. The molecule has 0 saturated carbocycles. The molecule has 1 unspecified atom stereocenters. The van der Waals surface area contributed by atoms with Gasteiger partial charge in [-0.05, 0) is 31.2 Å². The van der Waals surface area contributed by atoms with Crippen LogP contribution in [0.3, 0.4) is 0 Å². The number of carbonyl (C=O) groups excluding carboxylic acids is 1. The van der Waals surface area contributed by atoms with Gasteiger partial charge in [0.25, 0.3) is 5.91 Å². The Morgan fingerprint density at radius 1 is 1.12 bits per heavy atom. The zero-order valence-corrected chi connectivity index (χ0v) is 14.5. The third-order valence-corrected chi connectivity index (χ3v) is 5.39. The summed E-state index contributed by atoms with van der Waals surface area (Å²) in [4.78, 5) is 12.7. The first kappa shape index (κ1) is 15.8. The Kier molecular flexibility index (Phi) is 3.97. The summed E-state index contributed by atoms with van der Waals surface area (Å²) < 4.78 is 13.6. The minimum absolute atomic E-state index is 0.193. The molecular formula is C19H17N3O2S. The van der Waals surface area contributed by atoms with E-state index in [1.165, 1.54) is 0 Å². The fourth-order valence-electron chi connectivity index (χ4n) is 2.98. The number of aryl methyl sites for hydroxylation is 1. The van der Waals surface area contributed by atoms with Gasteiger partial charge >= 0.3 is 0 Å². The molecule has 0 bridgehead atoms. The van der Waals surface area contributed by atoms with Crippen LogP contribution in [0.4, 0.5) is 5.82 Å². The molecule has 1 amide bonds. The summed E-state index contributed by atoms with van der Waals surface area (Å²) in [5.41, 5.74) is 4.14. The normalized spacial score (nSPS) is 15.8. The Morgan fingerprint density at radius 2 is 1.92 bits per heavy atom. The lowest BCUT2D eigenvalue weighted by molar-refractivity contribution is 0.102. The molecule has 3 aromatic rings. The van der Waals surface area contributed by atoms with E-state index < -0.39 is 10.8 Å². The van der Waals surface area contributed by atoms with Gasteiger partial charge in [0, 0.05) is 21.9 Å². The SMILES string of the molecule is Cc1cccc(C(=O)Nc2c3c(nn2-c2ccccc2)CS(=O)C3)c1. The predicted octanol–water partition coefficient (Wildman–Crippen LogP) is 3.20. The van der Waals surface area contributed by atoms with E-state index in [1.54, 1.807) is 10.7 Å². The standard InChI is InChI=1S/C19H17N3O2S/c1-13-6-5-7-14(10-13)19(23)20-18-16-11-25(24)12-17(16)21-22(18)15-8-3-2-4-9-15/h2-10H,11-12H2,1H3,(H,20,23). The van der Waals surface area contributed by atoms with Crippen LogP contribution >= 0.6 is 0 Å². The average molecular weight is 351 g/mol. The molecule has 25 heavy (non-hydrogen) atoms. The van der Waals surface area contributed by atoms with Gasteiger partial charge in [-0.1, -0.05) is 35.9 Å². The second-order valence-electron chi connectivity index (χ2n) is 6.07. The molecule has 4 rings (SSSR count). The number of nitrogens with zero attached hydrogens (tertiary/aromatic N) is 2. The van der Waals surface area contributed by atoms with Crippen molar-refractivity contribution in [2.75, 3.05) is 5.32 Å². The summed E-state index contributed by atoms with van der Waals surface area (Å²) in [6.45, 7) is 1.95. The average Bonchev–Trinajstić information content (AvgIpc) is 3.13. The first-order chi connectivity index (χ1) is 12.1. The summed E-state index contributed by atoms with van der Waals surface area (Å²) in [7, 11) is -0.953. The molecule has 1 N–H and O–H groups in total. The minimum atomic E-state index is -0.953. The van der Waals surface area contributed by atoms with Gasteiger partial charge < -0.3 is 5.32 Å². The number of nitrogens with one attached hydrogen (secondary N) is 1. The molecule has 0 aliphatic carbocycles. The van der Waals surface area contributed by atoms with E-state index in [-0.39, 0.29) is 5.91 Å². The second-order valence-corrected chi connectivity index (χ2v) is 7.53. The van der Waals surface area contributed by atoms with Gasteiger partial charge in [-0.3, -0.25) is 9.00 Å². The molecule has 126 valence electrons. The summed E-state index contributed by atoms with van der Waals surface area (Å²) in [6, 6.07) is 17.1. The maximum Gasteiger partial charge on any atom is 0.256 e. The zero-order chi connectivity index (χ0) is 17.4. The Balaban J connectivity index is 1.75. The van der Waals surface area contributed by atoms with Crippen molar-refractivity contribution in [3.8, 4) is 5.69 Å². The van der Waals surface area contributed by atoms with Crippen LogP contribution < -0.4 is 5.32 Å². The van der Waals surface area contributed by atoms with Crippen LogP contribution in [0.15, 0.2) is 54.6 Å². The maximum absolute atomic E-state index is 12.7. The van der Waals surface area contributed by atoms with Crippen LogP contribution in [-0.2, 0) is 22.3 Å². The number of hydrogen-bond donors (Lipinski definition) is 1. The number of carbonyl (C=O) groups is 1. The number of rotatable bonds is 3. The Labute approximate surface area is 148 Å². The molecule has 1 aliphatic heterocycles.